The first-order valence-corrected chi connectivity index (χ1v) is 6.53. The van der Waals surface area contributed by atoms with Gasteiger partial charge in [0.1, 0.15) is 5.82 Å². The summed E-state index contributed by atoms with van der Waals surface area (Å²) < 4.78 is 5.51. The summed E-state index contributed by atoms with van der Waals surface area (Å²) in [5, 5.41) is 0. The zero-order valence-electron chi connectivity index (χ0n) is 11.8. The second kappa shape index (κ2) is 6.16. The number of aromatic amines is 1. The van der Waals surface area contributed by atoms with Gasteiger partial charge in [-0.1, -0.05) is 0 Å². The Morgan fingerprint density at radius 1 is 1.58 bits per heavy atom. The van der Waals surface area contributed by atoms with Crippen molar-refractivity contribution in [1.29, 1.82) is 0 Å². The molecule has 1 aliphatic rings. The number of H-pyrrole nitrogens is 1. The van der Waals surface area contributed by atoms with Crippen LogP contribution in [0.5, 0.6) is 0 Å². The van der Waals surface area contributed by atoms with Crippen LogP contribution in [0.3, 0.4) is 0 Å². The maximum atomic E-state index is 11.8. The van der Waals surface area contributed by atoms with Gasteiger partial charge < -0.3 is 14.6 Å². The van der Waals surface area contributed by atoms with E-state index in [9.17, 15) is 4.79 Å². The first-order chi connectivity index (χ1) is 9.10. The van der Waals surface area contributed by atoms with Gasteiger partial charge in [0.05, 0.1) is 12.6 Å². The fraction of sp³-hybridized carbons (Fsp3) is 0.692. The lowest BCUT2D eigenvalue weighted by Gasteiger charge is -2.18. The predicted molar refractivity (Wildman–Crippen MR) is 71.5 cm³/mol. The predicted octanol–water partition coefficient (Wildman–Crippen LogP) is 0.335. The lowest BCUT2D eigenvalue weighted by Crippen LogP contribution is -2.29. The van der Waals surface area contributed by atoms with Gasteiger partial charge in [-0.05, 0) is 0 Å². The average Bonchev–Trinajstić information content (AvgIpc) is 2.99. The van der Waals surface area contributed by atoms with Crippen LogP contribution in [-0.4, -0.2) is 66.1 Å². The highest BCUT2D eigenvalue weighted by Gasteiger charge is 2.34. The summed E-state index contributed by atoms with van der Waals surface area (Å²) in [6, 6.07) is 0. The number of hydrogen-bond acceptors (Lipinski definition) is 4. The van der Waals surface area contributed by atoms with Crippen LogP contribution in [0.25, 0.3) is 0 Å². The number of nitrogens with one attached hydrogen (secondary N) is 1. The fourth-order valence-electron chi connectivity index (χ4n) is 2.52. The number of rotatable bonds is 5. The Hall–Kier alpha value is -1.40. The maximum Gasteiger partial charge on any atom is 0.222 e. The number of nitrogens with zero attached hydrogens (tertiary/aromatic N) is 3. The molecule has 1 amide bonds. The SMILES string of the molecule is CO[C@H]1CN(Cc2ncc[nH]2)C[C@H]1CC(=O)N(C)C. The summed E-state index contributed by atoms with van der Waals surface area (Å²) in [6.45, 7) is 2.50. The third-order valence-corrected chi connectivity index (χ3v) is 3.62. The van der Waals surface area contributed by atoms with Crippen molar-refractivity contribution in [3.8, 4) is 0 Å². The van der Waals surface area contributed by atoms with Gasteiger partial charge in [-0.25, -0.2) is 4.98 Å². The van der Waals surface area contributed by atoms with Crippen molar-refractivity contribution in [2.45, 2.75) is 19.1 Å². The van der Waals surface area contributed by atoms with E-state index in [0.717, 1.165) is 25.5 Å². The summed E-state index contributed by atoms with van der Waals surface area (Å²) in [5.41, 5.74) is 0. The van der Waals surface area contributed by atoms with E-state index in [-0.39, 0.29) is 17.9 Å². The van der Waals surface area contributed by atoms with Gasteiger partial charge in [-0.3, -0.25) is 9.69 Å². The molecule has 1 fully saturated rings. The number of imidazole rings is 1. The third kappa shape index (κ3) is 3.54. The van der Waals surface area contributed by atoms with E-state index >= 15 is 0 Å². The topological polar surface area (TPSA) is 61.5 Å². The van der Waals surface area contributed by atoms with Crippen LogP contribution in [0.15, 0.2) is 12.4 Å². The van der Waals surface area contributed by atoms with E-state index in [1.165, 1.54) is 0 Å². The molecule has 6 heteroatoms. The largest absolute Gasteiger partial charge is 0.380 e. The van der Waals surface area contributed by atoms with E-state index in [2.05, 4.69) is 14.9 Å². The summed E-state index contributed by atoms with van der Waals surface area (Å²) in [4.78, 5) is 23.1. The van der Waals surface area contributed by atoms with Gasteiger partial charge in [-0.2, -0.15) is 0 Å². The van der Waals surface area contributed by atoms with Crippen LogP contribution in [0.2, 0.25) is 0 Å². The van der Waals surface area contributed by atoms with E-state index in [0.29, 0.717) is 6.42 Å². The molecule has 2 rings (SSSR count). The van der Waals surface area contributed by atoms with Crippen LogP contribution in [0.1, 0.15) is 12.2 Å². The van der Waals surface area contributed by atoms with Crippen molar-refractivity contribution in [2.75, 3.05) is 34.3 Å². The van der Waals surface area contributed by atoms with Gasteiger partial charge in [0.25, 0.3) is 0 Å². The summed E-state index contributed by atoms with van der Waals surface area (Å²) >= 11 is 0. The number of carbonyl (C=O) groups is 1. The van der Waals surface area contributed by atoms with Crippen LogP contribution in [0.4, 0.5) is 0 Å². The number of ether oxygens (including phenoxy) is 1. The first-order valence-electron chi connectivity index (χ1n) is 6.53. The van der Waals surface area contributed by atoms with Crippen molar-refractivity contribution in [2.24, 2.45) is 5.92 Å². The Morgan fingerprint density at radius 3 is 2.95 bits per heavy atom. The normalized spacial score (nSPS) is 23.7. The maximum absolute atomic E-state index is 11.8. The zero-order chi connectivity index (χ0) is 13.8. The van der Waals surface area contributed by atoms with Crippen molar-refractivity contribution in [3.05, 3.63) is 18.2 Å². The minimum Gasteiger partial charge on any atom is -0.380 e. The Bertz CT molecular complexity index is 405. The molecule has 0 aliphatic carbocycles. The first kappa shape index (κ1) is 14.0. The van der Waals surface area contributed by atoms with Gasteiger partial charge in [-0.15, -0.1) is 0 Å². The van der Waals surface area contributed by atoms with Gasteiger partial charge in [0.15, 0.2) is 0 Å². The molecule has 1 aromatic heterocycles. The minimum absolute atomic E-state index is 0.124. The molecule has 0 spiro atoms. The molecule has 0 radical (unpaired) electrons. The number of likely N-dealkylation sites (tertiary alicyclic amines) is 1. The van der Waals surface area contributed by atoms with Gasteiger partial charge >= 0.3 is 0 Å². The fourth-order valence-corrected chi connectivity index (χ4v) is 2.52. The van der Waals surface area contributed by atoms with Crippen LogP contribution < -0.4 is 0 Å². The molecule has 1 aromatic rings. The molecule has 0 bridgehead atoms. The molecule has 0 saturated carbocycles. The highest BCUT2D eigenvalue weighted by atomic mass is 16.5. The molecule has 0 aromatic carbocycles. The lowest BCUT2D eigenvalue weighted by molar-refractivity contribution is -0.130. The molecule has 1 N–H and O–H groups in total. The summed E-state index contributed by atoms with van der Waals surface area (Å²) in [7, 11) is 5.30. The van der Waals surface area contributed by atoms with Crippen LogP contribution >= 0.6 is 0 Å². The van der Waals surface area contributed by atoms with Crippen molar-refractivity contribution in [3.63, 3.8) is 0 Å². The van der Waals surface area contributed by atoms with Crippen LogP contribution in [0, 0.1) is 5.92 Å². The molecule has 0 unspecified atom stereocenters. The average molecular weight is 266 g/mol. The molecule has 19 heavy (non-hydrogen) atoms. The number of aromatic nitrogens is 2. The standard InChI is InChI=1S/C13H22N4O2/c1-16(2)13(18)6-10-7-17(8-11(10)19-3)9-12-14-4-5-15-12/h4-5,10-11H,6-9H2,1-3H3,(H,14,15)/t10-,11+/m1/s1. The van der Waals surface area contributed by atoms with E-state index in [4.69, 9.17) is 4.74 Å². The lowest BCUT2D eigenvalue weighted by atomic mass is 10.0. The van der Waals surface area contributed by atoms with E-state index in [1.54, 1.807) is 32.3 Å². The minimum atomic E-state index is 0.124. The number of methoxy groups -OCH3 is 1. The molecule has 2 atom stereocenters. The van der Waals surface area contributed by atoms with Crippen molar-refractivity contribution in [1.82, 2.24) is 19.8 Å². The third-order valence-electron chi connectivity index (χ3n) is 3.62. The van der Waals surface area contributed by atoms with Crippen LogP contribution in [-0.2, 0) is 16.1 Å². The molecule has 106 valence electrons. The van der Waals surface area contributed by atoms with E-state index < -0.39 is 0 Å². The van der Waals surface area contributed by atoms with Crippen molar-refractivity contribution < 1.29 is 9.53 Å². The highest BCUT2D eigenvalue weighted by molar-refractivity contribution is 5.75. The van der Waals surface area contributed by atoms with E-state index in [1.807, 2.05) is 6.20 Å². The highest BCUT2D eigenvalue weighted by Crippen LogP contribution is 2.24. The molecule has 1 saturated heterocycles. The number of carbonyl (C=O) groups excluding carboxylic acids is 1. The van der Waals surface area contributed by atoms with Crippen molar-refractivity contribution >= 4 is 5.91 Å². The summed E-state index contributed by atoms with van der Waals surface area (Å²) in [5.74, 6) is 1.37. The Balaban J connectivity index is 1.91. The Labute approximate surface area is 113 Å². The molecular weight excluding hydrogens is 244 g/mol. The second-order valence-corrected chi connectivity index (χ2v) is 5.26. The number of amides is 1. The molecule has 1 aliphatic heterocycles. The molecule has 6 nitrogen and oxygen atoms in total. The molecular formula is C13H22N4O2. The molecule has 2 heterocycles. The monoisotopic (exact) mass is 266 g/mol. The van der Waals surface area contributed by atoms with Gasteiger partial charge in [0, 0.05) is 59.0 Å². The zero-order valence-corrected chi connectivity index (χ0v) is 11.8. The summed E-state index contributed by atoms with van der Waals surface area (Å²) in [6.07, 6.45) is 4.25. The Kier molecular flexibility index (Phi) is 4.55. The smallest absolute Gasteiger partial charge is 0.222 e. The quantitative estimate of drug-likeness (QED) is 0.834. The Morgan fingerprint density at radius 2 is 2.37 bits per heavy atom. The number of hydrogen-bond donors (Lipinski definition) is 1. The second-order valence-electron chi connectivity index (χ2n) is 5.26. The van der Waals surface area contributed by atoms with Gasteiger partial charge in [0.2, 0.25) is 5.91 Å².